The molecule has 0 aliphatic carbocycles. The largest absolute Gasteiger partial charge is 0.372 e. The topological polar surface area (TPSA) is 7.12 Å². The number of aryl methyl sites for hydroxylation is 1. The third-order valence-electron chi connectivity index (χ3n) is 7.64. The van der Waals surface area contributed by atoms with Gasteiger partial charge in [-0.3, -0.25) is 0 Å². The molecule has 0 aliphatic heterocycles. The molecule has 0 saturated heterocycles. The summed E-state index contributed by atoms with van der Waals surface area (Å²) in [6.07, 6.45) is 30.8. The lowest BCUT2D eigenvalue weighted by molar-refractivity contribution is -0.694. The van der Waals surface area contributed by atoms with Crippen LogP contribution in [0.5, 0.6) is 0 Å². The summed E-state index contributed by atoms with van der Waals surface area (Å²) in [5.74, 6) is 0. The zero-order chi connectivity index (χ0) is 27.3. The van der Waals surface area contributed by atoms with Crippen molar-refractivity contribution in [1.82, 2.24) is 0 Å². The molecule has 1 heterocycles. The summed E-state index contributed by atoms with van der Waals surface area (Å²) in [5, 5.41) is 0. The molecule has 0 spiro atoms. The molecule has 1 aromatic carbocycles. The van der Waals surface area contributed by atoms with E-state index in [0.29, 0.717) is 0 Å². The van der Waals surface area contributed by atoms with Crippen LogP contribution < -0.4 is 9.47 Å². The third kappa shape index (κ3) is 14.0. The van der Waals surface area contributed by atoms with Crippen molar-refractivity contribution in [2.45, 2.75) is 130 Å². The van der Waals surface area contributed by atoms with E-state index < -0.39 is 0 Å². The van der Waals surface area contributed by atoms with Crippen LogP contribution in [-0.4, -0.2) is 13.1 Å². The maximum atomic E-state index is 3.71. The monoisotopic (exact) mass is 583 g/mol. The van der Waals surface area contributed by atoms with E-state index in [4.69, 9.17) is 0 Å². The van der Waals surface area contributed by atoms with Gasteiger partial charge in [-0.05, 0) is 53.4 Å². The van der Waals surface area contributed by atoms with Crippen LogP contribution in [0.2, 0.25) is 0 Å². The van der Waals surface area contributed by atoms with Gasteiger partial charge >= 0.3 is 0 Å². The maximum Gasteiger partial charge on any atom is 0.183 e. The molecule has 0 amide bonds. The normalized spacial score (nSPS) is 11.5. The highest BCUT2D eigenvalue weighted by Gasteiger charge is 2.07. The predicted octanol–water partition coefficient (Wildman–Crippen LogP) is 11.0. The first kappa shape index (κ1) is 32.6. The quantitative estimate of drug-likeness (QED) is 0.0986. The second-order valence-corrected chi connectivity index (χ2v) is 11.8. The van der Waals surface area contributed by atoms with Gasteiger partial charge in [0.25, 0.3) is 0 Å². The van der Waals surface area contributed by atoms with Crippen LogP contribution >= 0.6 is 15.9 Å². The Kier molecular flexibility index (Phi) is 18.2. The molecule has 1 aromatic heterocycles. The number of anilines is 1. The lowest BCUT2D eigenvalue weighted by atomic mass is 10.1. The molecule has 0 fully saturated rings. The van der Waals surface area contributed by atoms with Crippen LogP contribution in [0.1, 0.15) is 135 Å². The van der Waals surface area contributed by atoms with Gasteiger partial charge in [-0.2, -0.15) is 0 Å². The number of pyridine rings is 1. The average molecular weight is 585 g/mol. The minimum atomic E-state index is 0.985. The summed E-state index contributed by atoms with van der Waals surface area (Å²) in [4.78, 5) is 2.65. The number of hydrogen-bond donors (Lipinski definition) is 0. The Balaban J connectivity index is 1.87. The van der Waals surface area contributed by atoms with Gasteiger partial charge in [-0.1, -0.05) is 128 Å². The highest BCUT2D eigenvalue weighted by atomic mass is 79.9. The number of aromatic nitrogens is 1. The van der Waals surface area contributed by atoms with Crippen molar-refractivity contribution in [1.29, 1.82) is 0 Å². The Morgan fingerprint density at radius 3 is 1.61 bits per heavy atom. The van der Waals surface area contributed by atoms with Crippen LogP contribution in [-0.2, 0) is 6.54 Å². The highest BCUT2D eigenvalue weighted by Crippen LogP contribution is 2.21. The lowest BCUT2D eigenvalue weighted by Gasteiger charge is -2.25. The zero-order valence-electron chi connectivity index (χ0n) is 24.9. The van der Waals surface area contributed by atoms with Gasteiger partial charge < -0.3 is 4.90 Å². The Hall–Kier alpha value is -1.61. The molecular weight excluding hydrogens is 528 g/mol. The average Bonchev–Trinajstić information content (AvgIpc) is 2.94. The van der Waals surface area contributed by atoms with Crippen molar-refractivity contribution >= 4 is 33.8 Å². The first-order chi connectivity index (χ1) is 18.7. The second kappa shape index (κ2) is 21.2. The van der Waals surface area contributed by atoms with E-state index in [2.05, 4.69) is 101 Å². The Morgan fingerprint density at radius 1 is 0.632 bits per heavy atom. The summed E-state index contributed by atoms with van der Waals surface area (Å²) in [7, 11) is 0. The van der Waals surface area contributed by atoms with Gasteiger partial charge in [0.1, 0.15) is 6.54 Å². The van der Waals surface area contributed by atoms with Gasteiger partial charge in [0, 0.05) is 30.4 Å². The first-order valence-corrected chi connectivity index (χ1v) is 16.7. The second-order valence-electron chi connectivity index (χ2n) is 10.9. The summed E-state index contributed by atoms with van der Waals surface area (Å²) in [5.41, 5.74) is 3.86. The number of benzene rings is 1. The van der Waals surface area contributed by atoms with E-state index in [-0.39, 0.29) is 0 Å². The summed E-state index contributed by atoms with van der Waals surface area (Å²) < 4.78 is 3.32. The number of unbranched alkanes of at least 4 members (excludes halogenated alkanes) is 14. The number of hydrogen-bond acceptors (Lipinski definition) is 1. The smallest absolute Gasteiger partial charge is 0.183 e. The van der Waals surface area contributed by atoms with Crippen molar-refractivity contribution in [2.24, 2.45) is 0 Å². The van der Waals surface area contributed by atoms with Crippen molar-refractivity contribution < 1.29 is 4.57 Å². The Bertz CT molecular complexity index is 854. The standard InChI is InChI=1S/C35H56BrN2/c1-4-7-9-11-13-15-17-19-28-38(29-20-18-16-14-12-10-8-5-2)34-25-22-32(23-26-34)21-24-33-27-30-37(6-3)31-35(33)36/h21-27,30-31H,4-20,28-29H2,1-3H3/q+1. The molecule has 3 heteroatoms. The number of halogens is 1. The van der Waals surface area contributed by atoms with Gasteiger partial charge in [0.2, 0.25) is 0 Å². The molecule has 212 valence electrons. The van der Waals surface area contributed by atoms with E-state index >= 15 is 0 Å². The van der Waals surface area contributed by atoms with Crippen molar-refractivity contribution in [3.05, 3.63) is 58.3 Å². The van der Waals surface area contributed by atoms with E-state index in [0.717, 1.165) is 11.0 Å². The highest BCUT2D eigenvalue weighted by molar-refractivity contribution is 9.10. The van der Waals surface area contributed by atoms with E-state index in [1.807, 2.05) is 0 Å². The minimum absolute atomic E-state index is 0.985. The van der Waals surface area contributed by atoms with Crippen molar-refractivity contribution in [3.8, 4) is 0 Å². The fraction of sp³-hybridized carbons (Fsp3) is 0.629. The molecule has 0 aliphatic rings. The minimum Gasteiger partial charge on any atom is -0.372 e. The van der Waals surface area contributed by atoms with Gasteiger partial charge in [0.15, 0.2) is 12.4 Å². The molecule has 0 atom stereocenters. The molecule has 0 saturated carbocycles. The Morgan fingerprint density at radius 2 is 1.13 bits per heavy atom. The van der Waals surface area contributed by atoms with E-state index in [1.54, 1.807) is 0 Å². The van der Waals surface area contributed by atoms with Crippen LogP contribution in [0.25, 0.3) is 12.2 Å². The van der Waals surface area contributed by atoms with E-state index in [9.17, 15) is 0 Å². The van der Waals surface area contributed by atoms with Crippen LogP contribution in [0.3, 0.4) is 0 Å². The molecule has 0 bridgehead atoms. The van der Waals surface area contributed by atoms with Gasteiger partial charge in [0.05, 0.1) is 4.47 Å². The molecular formula is C35H56BrN2+. The number of rotatable bonds is 22. The van der Waals surface area contributed by atoms with E-state index in [1.165, 1.54) is 133 Å². The molecule has 0 N–H and O–H groups in total. The fourth-order valence-corrected chi connectivity index (χ4v) is 5.60. The van der Waals surface area contributed by atoms with Crippen LogP contribution in [0.4, 0.5) is 5.69 Å². The lowest BCUT2D eigenvalue weighted by Crippen LogP contribution is -2.31. The first-order valence-electron chi connectivity index (χ1n) is 15.9. The molecule has 2 aromatic rings. The van der Waals surface area contributed by atoms with Crippen LogP contribution in [0, 0.1) is 0 Å². The SMILES string of the molecule is CCCCCCCCCCN(CCCCCCCCCC)c1ccc(/C=C/c2cc[n+](CC)cc2Br)cc1. The molecule has 2 nitrogen and oxygen atoms in total. The summed E-state index contributed by atoms with van der Waals surface area (Å²) in [6, 6.07) is 11.4. The van der Waals surface area contributed by atoms with Crippen molar-refractivity contribution in [2.75, 3.05) is 18.0 Å². The van der Waals surface area contributed by atoms with Crippen LogP contribution in [0.15, 0.2) is 47.2 Å². The molecule has 2 rings (SSSR count). The van der Waals surface area contributed by atoms with Crippen molar-refractivity contribution in [3.63, 3.8) is 0 Å². The molecule has 38 heavy (non-hydrogen) atoms. The maximum absolute atomic E-state index is 3.71. The van der Waals surface area contributed by atoms with Gasteiger partial charge in [-0.25, -0.2) is 4.57 Å². The summed E-state index contributed by atoms with van der Waals surface area (Å²) >= 11 is 3.71. The summed E-state index contributed by atoms with van der Waals surface area (Å²) in [6.45, 7) is 10.1. The number of nitrogens with zero attached hydrogens (tertiary/aromatic N) is 2. The zero-order valence-corrected chi connectivity index (χ0v) is 26.5. The third-order valence-corrected chi connectivity index (χ3v) is 8.30. The molecule has 0 unspecified atom stereocenters. The Labute approximate surface area is 244 Å². The molecule has 0 radical (unpaired) electrons. The van der Waals surface area contributed by atoms with Gasteiger partial charge in [-0.15, -0.1) is 0 Å². The predicted molar refractivity (Wildman–Crippen MR) is 173 cm³/mol. The fourth-order valence-electron chi connectivity index (χ4n) is 5.08.